The summed E-state index contributed by atoms with van der Waals surface area (Å²) in [6, 6.07) is 0.613. The fourth-order valence-corrected chi connectivity index (χ4v) is 2.00. The van der Waals surface area contributed by atoms with Gasteiger partial charge in [0.05, 0.1) is 19.8 Å². The molecule has 0 aromatic carbocycles. The summed E-state index contributed by atoms with van der Waals surface area (Å²) in [7, 11) is 0. The SMILES string of the molecule is CCOCCNCCN1CCOCC1CC. The van der Waals surface area contributed by atoms with Crippen molar-refractivity contribution < 1.29 is 9.47 Å². The van der Waals surface area contributed by atoms with Crippen LogP contribution in [0.3, 0.4) is 0 Å². The molecule has 1 unspecified atom stereocenters. The van der Waals surface area contributed by atoms with Crippen LogP contribution >= 0.6 is 0 Å². The number of ether oxygens (including phenoxy) is 2. The molecule has 1 heterocycles. The Kier molecular flexibility index (Phi) is 7.76. The summed E-state index contributed by atoms with van der Waals surface area (Å²) in [6.07, 6.45) is 1.18. The summed E-state index contributed by atoms with van der Waals surface area (Å²) in [6.45, 7) is 11.9. The number of nitrogens with zero attached hydrogens (tertiary/aromatic N) is 1. The van der Waals surface area contributed by atoms with Gasteiger partial charge in [0.15, 0.2) is 0 Å². The highest BCUT2D eigenvalue weighted by Crippen LogP contribution is 2.08. The van der Waals surface area contributed by atoms with Crippen LogP contribution in [0.5, 0.6) is 0 Å². The van der Waals surface area contributed by atoms with Crippen molar-refractivity contribution in [1.29, 1.82) is 0 Å². The highest BCUT2D eigenvalue weighted by Gasteiger charge is 2.20. The van der Waals surface area contributed by atoms with Gasteiger partial charge < -0.3 is 14.8 Å². The van der Waals surface area contributed by atoms with E-state index in [1.54, 1.807) is 0 Å². The average molecular weight is 230 g/mol. The lowest BCUT2D eigenvalue weighted by Gasteiger charge is -2.35. The Balaban J connectivity index is 2.02. The molecular formula is C12H26N2O2. The second-order valence-electron chi connectivity index (χ2n) is 4.12. The third kappa shape index (κ3) is 5.25. The highest BCUT2D eigenvalue weighted by atomic mass is 16.5. The molecular weight excluding hydrogens is 204 g/mol. The van der Waals surface area contributed by atoms with E-state index in [2.05, 4.69) is 17.1 Å². The van der Waals surface area contributed by atoms with Crippen LogP contribution in [0, 0.1) is 0 Å². The van der Waals surface area contributed by atoms with Crippen LogP contribution < -0.4 is 5.32 Å². The molecule has 16 heavy (non-hydrogen) atoms. The Labute approximate surface area is 99.3 Å². The molecule has 0 spiro atoms. The lowest BCUT2D eigenvalue weighted by atomic mass is 10.2. The third-order valence-corrected chi connectivity index (χ3v) is 3.02. The molecule has 0 aliphatic carbocycles. The van der Waals surface area contributed by atoms with Gasteiger partial charge in [0.25, 0.3) is 0 Å². The summed E-state index contributed by atoms with van der Waals surface area (Å²) >= 11 is 0. The van der Waals surface area contributed by atoms with E-state index in [0.717, 1.165) is 52.6 Å². The van der Waals surface area contributed by atoms with Crippen molar-refractivity contribution in [3.05, 3.63) is 0 Å². The Bertz CT molecular complexity index is 167. The van der Waals surface area contributed by atoms with Gasteiger partial charge in [0.1, 0.15) is 0 Å². The quantitative estimate of drug-likeness (QED) is 0.623. The minimum atomic E-state index is 0.613. The predicted molar refractivity (Wildman–Crippen MR) is 65.8 cm³/mol. The summed E-state index contributed by atoms with van der Waals surface area (Å²) in [5.41, 5.74) is 0. The van der Waals surface area contributed by atoms with Gasteiger partial charge >= 0.3 is 0 Å². The zero-order chi connectivity index (χ0) is 11.6. The molecule has 0 aromatic rings. The summed E-state index contributed by atoms with van der Waals surface area (Å²) in [5.74, 6) is 0. The van der Waals surface area contributed by atoms with E-state index in [1.807, 2.05) is 6.92 Å². The zero-order valence-corrected chi connectivity index (χ0v) is 10.7. The van der Waals surface area contributed by atoms with E-state index >= 15 is 0 Å². The monoisotopic (exact) mass is 230 g/mol. The molecule has 1 rings (SSSR count). The van der Waals surface area contributed by atoms with Crippen LogP contribution in [-0.4, -0.2) is 63.5 Å². The fraction of sp³-hybridized carbons (Fsp3) is 1.00. The van der Waals surface area contributed by atoms with Gasteiger partial charge in [-0.05, 0) is 13.3 Å². The van der Waals surface area contributed by atoms with Gasteiger partial charge in [-0.1, -0.05) is 6.92 Å². The molecule has 0 amide bonds. The molecule has 1 aliphatic rings. The molecule has 1 N–H and O–H groups in total. The van der Waals surface area contributed by atoms with Crippen molar-refractivity contribution in [2.45, 2.75) is 26.3 Å². The van der Waals surface area contributed by atoms with Gasteiger partial charge in [0, 0.05) is 38.8 Å². The van der Waals surface area contributed by atoms with E-state index < -0.39 is 0 Å². The molecule has 1 aliphatic heterocycles. The van der Waals surface area contributed by atoms with Crippen molar-refractivity contribution in [2.75, 3.05) is 52.6 Å². The molecule has 96 valence electrons. The smallest absolute Gasteiger partial charge is 0.0622 e. The van der Waals surface area contributed by atoms with E-state index in [4.69, 9.17) is 9.47 Å². The van der Waals surface area contributed by atoms with E-state index in [1.165, 1.54) is 6.42 Å². The second-order valence-corrected chi connectivity index (χ2v) is 4.12. The van der Waals surface area contributed by atoms with E-state index in [0.29, 0.717) is 6.04 Å². The lowest BCUT2D eigenvalue weighted by molar-refractivity contribution is -0.00798. The minimum Gasteiger partial charge on any atom is -0.380 e. The molecule has 1 atom stereocenters. The number of hydrogen-bond donors (Lipinski definition) is 1. The highest BCUT2D eigenvalue weighted by molar-refractivity contribution is 4.74. The maximum atomic E-state index is 5.48. The first-order valence-electron chi connectivity index (χ1n) is 6.48. The van der Waals surface area contributed by atoms with Crippen molar-refractivity contribution in [2.24, 2.45) is 0 Å². The Morgan fingerprint density at radius 2 is 2.25 bits per heavy atom. The summed E-state index contributed by atoms with van der Waals surface area (Å²) in [4.78, 5) is 2.52. The van der Waals surface area contributed by atoms with Crippen LogP contribution in [-0.2, 0) is 9.47 Å². The Morgan fingerprint density at radius 1 is 1.38 bits per heavy atom. The predicted octanol–water partition coefficient (Wildman–Crippen LogP) is 0.723. The first kappa shape index (κ1) is 13.9. The third-order valence-electron chi connectivity index (χ3n) is 3.02. The molecule has 1 saturated heterocycles. The summed E-state index contributed by atoms with van der Waals surface area (Å²) in [5, 5.41) is 3.40. The number of hydrogen-bond acceptors (Lipinski definition) is 4. The molecule has 0 aromatic heterocycles. The molecule has 4 heteroatoms. The summed E-state index contributed by atoms with van der Waals surface area (Å²) < 4.78 is 10.8. The van der Waals surface area contributed by atoms with Crippen LogP contribution in [0.2, 0.25) is 0 Å². The first-order chi connectivity index (χ1) is 7.88. The Hall–Kier alpha value is -0.160. The molecule has 1 fully saturated rings. The number of nitrogens with one attached hydrogen (secondary N) is 1. The molecule has 0 saturated carbocycles. The van der Waals surface area contributed by atoms with Crippen molar-refractivity contribution in [3.63, 3.8) is 0 Å². The molecule has 0 radical (unpaired) electrons. The van der Waals surface area contributed by atoms with Crippen molar-refractivity contribution in [1.82, 2.24) is 10.2 Å². The topological polar surface area (TPSA) is 33.7 Å². The maximum Gasteiger partial charge on any atom is 0.0622 e. The first-order valence-corrected chi connectivity index (χ1v) is 6.48. The van der Waals surface area contributed by atoms with Gasteiger partial charge in [-0.2, -0.15) is 0 Å². The lowest BCUT2D eigenvalue weighted by Crippen LogP contribution is -2.47. The molecule has 0 bridgehead atoms. The van der Waals surface area contributed by atoms with Crippen molar-refractivity contribution >= 4 is 0 Å². The minimum absolute atomic E-state index is 0.613. The number of rotatable bonds is 8. The van der Waals surface area contributed by atoms with E-state index in [-0.39, 0.29) is 0 Å². The Morgan fingerprint density at radius 3 is 3.00 bits per heavy atom. The van der Waals surface area contributed by atoms with E-state index in [9.17, 15) is 0 Å². The maximum absolute atomic E-state index is 5.48. The van der Waals surface area contributed by atoms with Gasteiger partial charge in [-0.25, -0.2) is 0 Å². The fourth-order valence-electron chi connectivity index (χ4n) is 2.00. The number of morpholine rings is 1. The largest absolute Gasteiger partial charge is 0.380 e. The van der Waals surface area contributed by atoms with Gasteiger partial charge in [-0.3, -0.25) is 4.90 Å². The average Bonchev–Trinajstić information content (AvgIpc) is 2.34. The normalized spacial score (nSPS) is 22.5. The van der Waals surface area contributed by atoms with Crippen molar-refractivity contribution in [3.8, 4) is 0 Å². The van der Waals surface area contributed by atoms with Gasteiger partial charge in [0.2, 0.25) is 0 Å². The van der Waals surface area contributed by atoms with Crippen LogP contribution in [0.4, 0.5) is 0 Å². The van der Waals surface area contributed by atoms with Crippen LogP contribution in [0.25, 0.3) is 0 Å². The second kappa shape index (κ2) is 8.93. The van der Waals surface area contributed by atoms with Crippen LogP contribution in [0.1, 0.15) is 20.3 Å². The standard InChI is InChI=1S/C12H26N2O2/c1-3-12-11-16-10-8-14(12)7-5-13-6-9-15-4-2/h12-13H,3-11H2,1-2H3. The van der Waals surface area contributed by atoms with Gasteiger partial charge in [-0.15, -0.1) is 0 Å². The zero-order valence-electron chi connectivity index (χ0n) is 10.7. The van der Waals surface area contributed by atoms with Crippen LogP contribution in [0.15, 0.2) is 0 Å². The molecule has 4 nitrogen and oxygen atoms in total.